The number of aromatic nitrogens is 1. The first-order valence-electron chi connectivity index (χ1n) is 7.67. The van der Waals surface area contributed by atoms with Crippen LogP contribution in [0.5, 0.6) is 5.75 Å². The van der Waals surface area contributed by atoms with Gasteiger partial charge in [-0.2, -0.15) is 0 Å². The van der Waals surface area contributed by atoms with Gasteiger partial charge in [-0.05, 0) is 36.8 Å². The van der Waals surface area contributed by atoms with E-state index in [9.17, 15) is 4.79 Å². The Balaban J connectivity index is 1.48. The highest BCUT2D eigenvalue weighted by Gasteiger charge is 2.05. The number of thiazole rings is 1. The van der Waals surface area contributed by atoms with Crippen LogP contribution in [0.2, 0.25) is 0 Å². The molecule has 0 spiro atoms. The van der Waals surface area contributed by atoms with E-state index in [4.69, 9.17) is 4.74 Å². The van der Waals surface area contributed by atoms with Crippen molar-refractivity contribution in [3.05, 3.63) is 71.2 Å². The summed E-state index contributed by atoms with van der Waals surface area (Å²) in [6.45, 7) is 2.49. The van der Waals surface area contributed by atoms with Crippen LogP contribution in [-0.4, -0.2) is 17.5 Å². The molecule has 0 fully saturated rings. The van der Waals surface area contributed by atoms with Crippen molar-refractivity contribution in [3.63, 3.8) is 0 Å². The standard InChI is InChI=1S/C19H18N2O2S/c1-14-13-24-19(21-14)16-7-9-17(10-8-16)23-12-18(22)20-11-15-5-3-2-4-6-15/h2-10,13H,11-12H2,1H3,(H,20,22). The lowest BCUT2D eigenvalue weighted by atomic mass is 10.2. The third-order valence-corrected chi connectivity index (χ3v) is 4.43. The SMILES string of the molecule is Cc1csc(-c2ccc(OCC(=O)NCc3ccccc3)cc2)n1. The van der Waals surface area contributed by atoms with Crippen LogP contribution in [0.1, 0.15) is 11.3 Å². The Kier molecular flexibility index (Phi) is 5.23. The van der Waals surface area contributed by atoms with Gasteiger partial charge in [0.05, 0.1) is 0 Å². The third kappa shape index (κ3) is 4.43. The van der Waals surface area contributed by atoms with Gasteiger partial charge in [0, 0.05) is 23.2 Å². The Bertz CT molecular complexity index is 798. The molecule has 5 heteroatoms. The zero-order valence-corrected chi connectivity index (χ0v) is 14.2. The van der Waals surface area contributed by atoms with Gasteiger partial charge in [0.25, 0.3) is 5.91 Å². The Morgan fingerprint density at radius 1 is 1.12 bits per heavy atom. The molecule has 0 aliphatic heterocycles. The molecule has 0 saturated heterocycles. The largest absolute Gasteiger partial charge is 0.484 e. The van der Waals surface area contributed by atoms with Crippen LogP contribution in [-0.2, 0) is 11.3 Å². The minimum Gasteiger partial charge on any atom is -0.484 e. The fraction of sp³-hybridized carbons (Fsp3) is 0.158. The number of hydrogen-bond acceptors (Lipinski definition) is 4. The van der Waals surface area contributed by atoms with Gasteiger partial charge in [0.1, 0.15) is 10.8 Å². The van der Waals surface area contributed by atoms with Gasteiger partial charge >= 0.3 is 0 Å². The lowest BCUT2D eigenvalue weighted by Gasteiger charge is -2.08. The highest BCUT2D eigenvalue weighted by molar-refractivity contribution is 7.13. The molecule has 0 atom stereocenters. The molecule has 0 aliphatic carbocycles. The van der Waals surface area contributed by atoms with Gasteiger partial charge in [0.2, 0.25) is 0 Å². The lowest BCUT2D eigenvalue weighted by molar-refractivity contribution is -0.123. The topological polar surface area (TPSA) is 51.2 Å². The van der Waals surface area contributed by atoms with E-state index in [1.807, 2.05) is 66.9 Å². The molecule has 24 heavy (non-hydrogen) atoms. The van der Waals surface area contributed by atoms with Crippen LogP contribution in [0, 0.1) is 6.92 Å². The van der Waals surface area contributed by atoms with Crippen LogP contribution in [0.25, 0.3) is 10.6 Å². The minimum absolute atomic E-state index is 0.00252. The van der Waals surface area contributed by atoms with Crippen LogP contribution >= 0.6 is 11.3 Å². The molecule has 4 nitrogen and oxygen atoms in total. The summed E-state index contributed by atoms with van der Waals surface area (Å²) in [5, 5.41) is 5.85. The zero-order valence-electron chi connectivity index (χ0n) is 13.4. The second-order valence-corrected chi connectivity index (χ2v) is 6.23. The first-order valence-corrected chi connectivity index (χ1v) is 8.55. The van der Waals surface area contributed by atoms with Crippen molar-refractivity contribution in [2.24, 2.45) is 0 Å². The first-order chi connectivity index (χ1) is 11.7. The van der Waals surface area contributed by atoms with E-state index in [0.717, 1.165) is 21.8 Å². The molecule has 1 aromatic heterocycles. The fourth-order valence-electron chi connectivity index (χ4n) is 2.18. The second kappa shape index (κ2) is 7.75. The number of ether oxygens (including phenoxy) is 1. The number of amides is 1. The minimum atomic E-state index is -0.140. The molecule has 1 heterocycles. The molecular formula is C19H18N2O2S. The first kappa shape index (κ1) is 16.2. The van der Waals surface area contributed by atoms with E-state index in [2.05, 4.69) is 10.3 Å². The van der Waals surface area contributed by atoms with E-state index in [1.165, 1.54) is 0 Å². The summed E-state index contributed by atoms with van der Waals surface area (Å²) in [4.78, 5) is 16.3. The molecule has 0 bridgehead atoms. The maximum atomic E-state index is 11.8. The van der Waals surface area contributed by atoms with Gasteiger partial charge < -0.3 is 10.1 Å². The van der Waals surface area contributed by atoms with Crippen molar-refractivity contribution in [1.29, 1.82) is 0 Å². The average molecular weight is 338 g/mol. The molecule has 1 N–H and O–H groups in total. The van der Waals surface area contributed by atoms with E-state index in [1.54, 1.807) is 11.3 Å². The Labute approximate surface area is 145 Å². The number of nitrogens with zero attached hydrogens (tertiary/aromatic N) is 1. The lowest BCUT2D eigenvalue weighted by Crippen LogP contribution is -2.28. The molecule has 0 aliphatic rings. The van der Waals surface area contributed by atoms with E-state index >= 15 is 0 Å². The summed E-state index contributed by atoms with van der Waals surface area (Å²) < 4.78 is 5.52. The summed E-state index contributed by atoms with van der Waals surface area (Å²) >= 11 is 1.62. The predicted molar refractivity (Wildman–Crippen MR) is 96.1 cm³/mol. The summed E-state index contributed by atoms with van der Waals surface area (Å²) in [6.07, 6.45) is 0. The maximum Gasteiger partial charge on any atom is 0.258 e. The number of carbonyl (C=O) groups is 1. The molecule has 2 aromatic carbocycles. The number of rotatable bonds is 6. The number of benzene rings is 2. The summed E-state index contributed by atoms with van der Waals surface area (Å²) in [6, 6.07) is 17.4. The third-order valence-electron chi connectivity index (χ3n) is 3.42. The Hall–Kier alpha value is -2.66. The fourth-order valence-corrected chi connectivity index (χ4v) is 2.98. The van der Waals surface area contributed by atoms with Crippen molar-refractivity contribution in [1.82, 2.24) is 10.3 Å². The molecule has 3 aromatic rings. The van der Waals surface area contributed by atoms with E-state index in [0.29, 0.717) is 12.3 Å². The van der Waals surface area contributed by atoms with Crippen molar-refractivity contribution in [2.75, 3.05) is 6.61 Å². The van der Waals surface area contributed by atoms with Crippen LogP contribution < -0.4 is 10.1 Å². The molecule has 122 valence electrons. The van der Waals surface area contributed by atoms with Crippen LogP contribution in [0.4, 0.5) is 0 Å². The average Bonchev–Trinajstić information content (AvgIpc) is 3.06. The Morgan fingerprint density at radius 3 is 2.54 bits per heavy atom. The molecular weight excluding hydrogens is 320 g/mol. The monoisotopic (exact) mass is 338 g/mol. The number of carbonyl (C=O) groups excluding carboxylic acids is 1. The highest BCUT2D eigenvalue weighted by Crippen LogP contribution is 2.25. The van der Waals surface area contributed by atoms with Gasteiger partial charge in [0.15, 0.2) is 6.61 Å². The smallest absolute Gasteiger partial charge is 0.258 e. The van der Waals surface area contributed by atoms with E-state index in [-0.39, 0.29) is 12.5 Å². The van der Waals surface area contributed by atoms with Gasteiger partial charge in [-0.15, -0.1) is 11.3 Å². The summed E-state index contributed by atoms with van der Waals surface area (Å²) in [5.41, 5.74) is 3.13. The highest BCUT2D eigenvalue weighted by atomic mass is 32.1. The molecule has 0 radical (unpaired) electrons. The maximum absolute atomic E-state index is 11.8. The van der Waals surface area contributed by atoms with Crippen LogP contribution in [0.3, 0.4) is 0 Å². The van der Waals surface area contributed by atoms with Crippen molar-refractivity contribution in [2.45, 2.75) is 13.5 Å². The summed E-state index contributed by atoms with van der Waals surface area (Å²) in [5.74, 6) is 0.528. The van der Waals surface area contributed by atoms with E-state index < -0.39 is 0 Å². The van der Waals surface area contributed by atoms with Gasteiger partial charge in [-0.1, -0.05) is 30.3 Å². The number of hydrogen-bond donors (Lipinski definition) is 1. The summed E-state index contributed by atoms with van der Waals surface area (Å²) in [7, 11) is 0. The normalized spacial score (nSPS) is 10.4. The predicted octanol–water partition coefficient (Wildman–Crippen LogP) is 3.81. The van der Waals surface area contributed by atoms with Crippen LogP contribution in [0.15, 0.2) is 60.0 Å². The number of nitrogens with one attached hydrogen (secondary N) is 1. The molecule has 0 unspecified atom stereocenters. The Morgan fingerprint density at radius 2 is 1.88 bits per heavy atom. The van der Waals surface area contributed by atoms with Crippen molar-refractivity contribution in [3.8, 4) is 16.3 Å². The van der Waals surface area contributed by atoms with Crippen molar-refractivity contribution >= 4 is 17.2 Å². The molecule has 0 saturated carbocycles. The molecule has 3 rings (SSSR count). The number of aryl methyl sites for hydroxylation is 1. The quantitative estimate of drug-likeness (QED) is 0.743. The van der Waals surface area contributed by atoms with Crippen molar-refractivity contribution < 1.29 is 9.53 Å². The second-order valence-electron chi connectivity index (χ2n) is 5.37. The van der Waals surface area contributed by atoms with Gasteiger partial charge in [-0.3, -0.25) is 4.79 Å². The molecule has 1 amide bonds. The van der Waals surface area contributed by atoms with Gasteiger partial charge in [-0.25, -0.2) is 4.98 Å². The zero-order chi connectivity index (χ0) is 16.8.